The Morgan fingerprint density at radius 2 is 1.59 bits per heavy atom. The largest absolute Gasteiger partial charge is 0.458 e. The molecule has 0 aromatic heterocycles. The SMILES string of the molecule is CC(=O)OC1CC2(O)C(OC(=O)c3ccccc3)C3C4(OC(C)=O)COC4CC(OP)[C@@]3(C)C(O)C(OC(C)=O)C(=C1C)C2(C)C. The van der Waals surface area contributed by atoms with Crippen molar-refractivity contribution in [2.24, 2.45) is 16.7 Å². The lowest BCUT2D eigenvalue weighted by atomic mass is 9.44. The first-order chi connectivity index (χ1) is 21.5. The molecule has 1 aromatic carbocycles. The number of aliphatic hydroxyl groups excluding tert-OH is 1. The van der Waals surface area contributed by atoms with Gasteiger partial charge in [-0.3, -0.25) is 14.4 Å². The van der Waals surface area contributed by atoms with Gasteiger partial charge in [0.15, 0.2) is 11.7 Å². The van der Waals surface area contributed by atoms with Crippen LogP contribution in [0.25, 0.3) is 0 Å². The van der Waals surface area contributed by atoms with E-state index in [1.54, 1.807) is 58.0 Å². The van der Waals surface area contributed by atoms with Crippen LogP contribution in [-0.2, 0) is 42.6 Å². The van der Waals surface area contributed by atoms with Crippen molar-refractivity contribution < 1.29 is 57.6 Å². The molecular formula is C33H43O12P. The highest BCUT2D eigenvalue weighted by atomic mass is 31.0. The van der Waals surface area contributed by atoms with E-state index in [-0.39, 0.29) is 25.0 Å². The molecule has 11 atom stereocenters. The minimum Gasteiger partial charge on any atom is -0.458 e. The summed E-state index contributed by atoms with van der Waals surface area (Å²) in [6.07, 6.45) is -7.18. The third-order valence-corrected chi connectivity index (χ3v) is 11.2. The van der Waals surface area contributed by atoms with Gasteiger partial charge < -0.3 is 38.4 Å². The van der Waals surface area contributed by atoms with Gasteiger partial charge in [-0.25, -0.2) is 4.79 Å². The maximum Gasteiger partial charge on any atom is 0.338 e. The molecule has 46 heavy (non-hydrogen) atoms. The smallest absolute Gasteiger partial charge is 0.338 e. The molecule has 2 saturated carbocycles. The standard InChI is InChI=1S/C33H43O12P/c1-16-21(41-17(2)34)14-33(39)28(43-29(38)20-11-9-8-10-12-20)26-31(7,27(37)25(42-18(3)35)24(16)30(33,5)6)22(45-46)13-23-32(26,15-40-23)44-19(4)36/h8-12,21-23,25-28,37,39H,13-15,46H2,1-7H3/t21?,22?,23?,25?,26?,27?,28?,31-,32?,33?/m1/s1. The lowest BCUT2D eigenvalue weighted by Crippen LogP contribution is -2.82. The van der Waals surface area contributed by atoms with Gasteiger partial charge in [0.25, 0.3) is 0 Å². The summed E-state index contributed by atoms with van der Waals surface area (Å²) in [5.74, 6) is -3.95. The minimum absolute atomic E-state index is 0.128. The van der Waals surface area contributed by atoms with E-state index < -0.39 is 88.5 Å². The Morgan fingerprint density at radius 1 is 0.957 bits per heavy atom. The average Bonchev–Trinajstić information content (AvgIpc) is 2.96. The number of aliphatic hydroxyl groups is 2. The minimum atomic E-state index is -2.06. The first-order valence-electron chi connectivity index (χ1n) is 15.3. The number of carbonyl (C=O) groups is 4. The zero-order valence-corrected chi connectivity index (χ0v) is 28.3. The molecule has 3 fully saturated rings. The van der Waals surface area contributed by atoms with Crippen molar-refractivity contribution in [1.29, 1.82) is 0 Å². The number of fused-ring (bicyclic) bond motifs is 5. The normalized spacial score (nSPS) is 39.3. The Balaban J connectivity index is 1.87. The van der Waals surface area contributed by atoms with Gasteiger partial charge in [0.1, 0.15) is 30.0 Å². The van der Waals surface area contributed by atoms with E-state index in [0.717, 1.165) is 0 Å². The molecule has 0 radical (unpaired) electrons. The number of rotatable bonds is 6. The second-order valence-corrected chi connectivity index (χ2v) is 13.9. The number of benzene rings is 1. The summed E-state index contributed by atoms with van der Waals surface area (Å²) < 4.78 is 36.0. The number of hydrogen-bond acceptors (Lipinski definition) is 12. The highest BCUT2D eigenvalue weighted by Gasteiger charge is 2.78. The Kier molecular flexibility index (Phi) is 8.96. The number of esters is 4. The van der Waals surface area contributed by atoms with Crippen LogP contribution in [0, 0.1) is 16.7 Å². The number of ether oxygens (including phenoxy) is 5. The fourth-order valence-corrected chi connectivity index (χ4v) is 9.05. The van der Waals surface area contributed by atoms with Crippen molar-refractivity contribution in [1.82, 2.24) is 0 Å². The van der Waals surface area contributed by atoms with E-state index in [1.807, 2.05) is 0 Å². The monoisotopic (exact) mass is 662 g/mol. The molecule has 0 spiro atoms. The van der Waals surface area contributed by atoms with E-state index in [9.17, 15) is 29.4 Å². The van der Waals surface area contributed by atoms with Crippen LogP contribution >= 0.6 is 9.47 Å². The molecular weight excluding hydrogens is 619 g/mol. The maximum atomic E-state index is 14.0. The molecule has 2 N–H and O–H groups in total. The predicted molar refractivity (Wildman–Crippen MR) is 164 cm³/mol. The first kappa shape index (κ1) is 34.4. The fourth-order valence-electron chi connectivity index (χ4n) is 8.64. The van der Waals surface area contributed by atoms with E-state index >= 15 is 0 Å². The summed E-state index contributed by atoms with van der Waals surface area (Å²) >= 11 is 0. The van der Waals surface area contributed by atoms with Crippen molar-refractivity contribution in [3.63, 3.8) is 0 Å². The highest BCUT2D eigenvalue weighted by Crippen LogP contribution is 2.66. The van der Waals surface area contributed by atoms with Gasteiger partial charge in [-0.1, -0.05) is 39.0 Å². The van der Waals surface area contributed by atoms with Crippen LogP contribution in [-0.4, -0.2) is 88.5 Å². The molecule has 12 nitrogen and oxygen atoms in total. The molecule has 0 amide bonds. The summed E-state index contributed by atoms with van der Waals surface area (Å²) in [5.41, 5.74) is -5.47. The van der Waals surface area contributed by atoms with Crippen LogP contribution in [0.1, 0.15) is 71.7 Å². The Hall–Kier alpha value is -2.89. The van der Waals surface area contributed by atoms with Crippen LogP contribution in [0.5, 0.6) is 0 Å². The second kappa shape index (κ2) is 12.0. The van der Waals surface area contributed by atoms with E-state index in [1.165, 1.54) is 20.8 Å². The summed E-state index contributed by atoms with van der Waals surface area (Å²) in [6, 6.07) is 8.21. The zero-order chi connectivity index (χ0) is 34.0. The van der Waals surface area contributed by atoms with Crippen LogP contribution < -0.4 is 0 Å². The lowest BCUT2D eigenvalue weighted by Gasteiger charge is -2.69. The second-order valence-electron chi connectivity index (χ2n) is 13.7. The number of carbonyl (C=O) groups excluding carboxylic acids is 4. The summed E-state index contributed by atoms with van der Waals surface area (Å²) in [7, 11) is 2.20. The highest BCUT2D eigenvalue weighted by molar-refractivity contribution is 7.09. The van der Waals surface area contributed by atoms with E-state index in [2.05, 4.69) is 9.47 Å². The van der Waals surface area contributed by atoms with Crippen molar-refractivity contribution >= 4 is 33.3 Å². The maximum absolute atomic E-state index is 14.0. The molecule has 1 heterocycles. The molecule has 1 aromatic rings. The first-order valence-corrected chi connectivity index (χ1v) is 15.8. The fraction of sp³-hybridized carbons (Fsp3) is 0.636. The molecule has 10 unspecified atom stereocenters. The van der Waals surface area contributed by atoms with Crippen molar-refractivity contribution in [3.8, 4) is 0 Å². The summed E-state index contributed by atoms with van der Waals surface area (Å²) in [4.78, 5) is 51.8. The van der Waals surface area contributed by atoms with Gasteiger partial charge in [0.2, 0.25) is 0 Å². The Labute approximate surface area is 270 Å². The lowest BCUT2D eigenvalue weighted by molar-refractivity contribution is -0.362. The molecule has 252 valence electrons. The topological polar surface area (TPSA) is 164 Å². The molecule has 4 aliphatic rings. The Morgan fingerprint density at radius 3 is 2.11 bits per heavy atom. The molecule has 13 heteroatoms. The van der Waals surface area contributed by atoms with Crippen LogP contribution in [0.4, 0.5) is 0 Å². The van der Waals surface area contributed by atoms with Crippen molar-refractivity contribution in [2.75, 3.05) is 6.61 Å². The molecule has 1 aliphatic heterocycles. The van der Waals surface area contributed by atoms with Crippen LogP contribution in [0.3, 0.4) is 0 Å². The van der Waals surface area contributed by atoms with Crippen LogP contribution in [0.15, 0.2) is 41.5 Å². The zero-order valence-electron chi connectivity index (χ0n) is 27.1. The predicted octanol–water partition coefficient (Wildman–Crippen LogP) is 2.83. The average molecular weight is 663 g/mol. The molecule has 1 saturated heterocycles. The van der Waals surface area contributed by atoms with Crippen LogP contribution in [0.2, 0.25) is 0 Å². The molecule has 2 bridgehead atoms. The summed E-state index contributed by atoms with van der Waals surface area (Å²) in [5, 5.41) is 25.9. The van der Waals surface area contributed by atoms with Gasteiger partial charge in [-0.15, -0.1) is 0 Å². The third kappa shape index (κ3) is 5.08. The van der Waals surface area contributed by atoms with Gasteiger partial charge in [0, 0.05) is 53.9 Å². The van der Waals surface area contributed by atoms with Gasteiger partial charge in [-0.05, 0) is 30.2 Å². The molecule has 5 rings (SSSR count). The van der Waals surface area contributed by atoms with Gasteiger partial charge in [0.05, 0.1) is 24.2 Å². The molecule has 3 aliphatic carbocycles. The van der Waals surface area contributed by atoms with Gasteiger partial charge in [-0.2, -0.15) is 0 Å². The van der Waals surface area contributed by atoms with E-state index in [4.69, 9.17) is 28.2 Å². The third-order valence-electron chi connectivity index (χ3n) is 10.9. The summed E-state index contributed by atoms with van der Waals surface area (Å²) in [6.45, 7) is 10.3. The van der Waals surface area contributed by atoms with Gasteiger partial charge >= 0.3 is 23.9 Å². The van der Waals surface area contributed by atoms with E-state index in [0.29, 0.717) is 11.1 Å². The Bertz CT molecular complexity index is 1440. The van der Waals surface area contributed by atoms with Crippen molar-refractivity contribution in [2.45, 2.75) is 109 Å². The number of hydrogen-bond donors (Lipinski definition) is 2. The quantitative estimate of drug-likeness (QED) is 0.199. The van der Waals surface area contributed by atoms with Crippen molar-refractivity contribution in [3.05, 3.63) is 47.0 Å².